The second kappa shape index (κ2) is 8.41. The van der Waals surface area contributed by atoms with E-state index >= 15 is 0 Å². The normalized spacial score (nSPS) is 17.0. The third-order valence-corrected chi connectivity index (χ3v) is 3.93. The molecule has 0 bridgehead atoms. The van der Waals surface area contributed by atoms with Gasteiger partial charge in [0.15, 0.2) is 0 Å². The van der Waals surface area contributed by atoms with Gasteiger partial charge >= 0.3 is 12.0 Å². The molecule has 25 heavy (non-hydrogen) atoms. The predicted octanol–water partition coefficient (Wildman–Crippen LogP) is 1.20. The second-order valence-electron chi connectivity index (χ2n) is 5.71. The summed E-state index contributed by atoms with van der Waals surface area (Å²) in [7, 11) is 0. The SMILES string of the molecule is O=C(NCCNC(=O)N1CCCC(C(=O)O)C1)c1c(F)cccc1F. The Balaban J connectivity index is 1.76. The zero-order valence-electron chi connectivity index (χ0n) is 13.4. The first-order chi connectivity index (χ1) is 11.9. The van der Waals surface area contributed by atoms with Crippen LogP contribution < -0.4 is 10.6 Å². The highest BCUT2D eigenvalue weighted by Crippen LogP contribution is 2.16. The number of carboxylic acids is 1. The van der Waals surface area contributed by atoms with Crippen molar-refractivity contribution in [2.45, 2.75) is 12.8 Å². The number of carbonyl (C=O) groups excluding carboxylic acids is 2. The van der Waals surface area contributed by atoms with Crippen LogP contribution in [-0.2, 0) is 4.79 Å². The van der Waals surface area contributed by atoms with Crippen LogP contribution in [0.15, 0.2) is 18.2 Å². The van der Waals surface area contributed by atoms with Crippen LogP contribution in [0.3, 0.4) is 0 Å². The first-order valence-electron chi connectivity index (χ1n) is 7.88. The van der Waals surface area contributed by atoms with E-state index < -0.39 is 41.0 Å². The van der Waals surface area contributed by atoms with E-state index in [1.165, 1.54) is 4.90 Å². The molecule has 1 aromatic rings. The molecule has 1 aliphatic rings. The van der Waals surface area contributed by atoms with E-state index in [1.54, 1.807) is 0 Å². The lowest BCUT2D eigenvalue weighted by atomic mass is 9.99. The van der Waals surface area contributed by atoms with Gasteiger partial charge in [-0.2, -0.15) is 0 Å². The summed E-state index contributed by atoms with van der Waals surface area (Å²) in [6.45, 7) is 0.625. The van der Waals surface area contributed by atoms with Crippen LogP contribution in [0.25, 0.3) is 0 Å². The summed E-state index contributed by atoms with van der Waals surface area (Å²) in [5, 5.41) is 13.9. The summed E-state index contributed by atoms with van der Waals surface area (Å²) in [5.41, 5.74) is -0.672. The van der Waals surface area contributed by atoms with Crippen LogP contribution in [0.5, 0.6) is 0 Å². The summed E-state index contributed by atoms with van der Waals surface area (Å²) in [5.74, 6) is -4.35. The molecule has 1 unspecified atom stereocenters. The Hall–Kier alpha value is -2.71. The van der Waals surface area contributed by atoms with Crippen molar-refractivity contribution in [3.05, 3.63) is 35.4 Å². The van der Waals surface area contributed by atoms with Gasteiger partial charge in [0.05, 0.1) is 5.92 Å². The number of nitrogens with zero attached hydrogens (tertiary/aromatic N) is 1. The molecule has 2 rings (SSSR count). The number of carbonyl (C=O) groups is 3. The fourth-order valence-corrected chi connectivity index (χ4v) is 2.62. The Bertz CT molecular complexity index is 649. The number of hydrogen-bond acceptors (Lipinski definition) is 3. The molecule has 0 aliphatic carbocycles. The topological polar surface area (TPSA) is 98.7 Å². The van der Waals surface area contributed by atoms with Gasteiger partial charge in [-0.15, -0.1) is 0 Å². The molecule has 3 amide bonds. The van der Waals surface area contributed by atoms with E-state index in [9.17, 15) is 23.2 Å². The van der Waals surface area contributed by atoms with Gasteiger partial charge in [-0.05, 0) is 25.0 Å². The number of piperidine rings is 1. The molecule has 1 heterocycles. The zero-order chi connectivity index (χ0) is 18.4. The average Bonchev–Trinajstić information content (AvgIpc) is 2.58. The Morgan fingerprint density at radius 3 is 2.44 bits per heavy atom. The molecule has 9 heteroatoms. The summed E-state index contributed by atoms with van der Waals surface area (Å²) >= 11 is 0. The molecule has 0 radical (unpaired) electrons. The number of urea groups is 1. The molecule has 136 valence electrons. The number of halogens is 2. The maximum absolute atomic E-state index is 13.5. The van der Waals surface area contributed by atoms with E-state index in [4.69, 9.17) is 5.11 Å². The maximum atomic E-state index is 13.5. The van der Waals surface area contributed by atoms with Crippen molar-refractivity contribution in [1.82, 2.24) is 15.5 Å². The lowest BCUT2D eigenvalue weighted by Gasteiger charge is -2.30. The largest absolute Gasteiger partial charge is 0.481 e. The fraction of sp³-hybridized carbons (Fsp3) is 0.438. The molecule has 1 fully saturated rings. The van der Waals surface area contributed by atoms with Crippen LogP contribution in [0.4, 0.5) is 13.6 Å². The maximum Gasteiger partial charge on any atom is 0.317 e. The molecule has 7 nitrogen and oxygen atoms in total. The average molecular weight is 355 g/mol. The quantitative estimate of drug-likeness (QED) is 0.691. The van der Waals surface area contributed by atoms with E-state index in [0.29, 0.717) is 19.4 Å². The van der Waals surface area contributed by atoms with Crippen molar-refractivity contribution in [3.8, 4) is 0 Å². The molecule has 0 saturated carbocycles. The lowest BCUT2D eigenvalue weighted by molar-refractivity contribution is -0.143. The van der Waals surface area contributed by atoms with Crippen LogP contribution in [0.1, 0.15) is 23.2 Å². The van der Waals surface area contributed by atoms with Crippen LogP contribution in [0, 0.1) is 17.6 Å². The Kier molecular flexibility index (Phi) is 6.26. The summed E-state index contributed by atoms with van der Waals surface area (Å²) in [6.07, 6.45) is 1.14. The number of benzene rings is 1. The molecular formula is C16H19F2N3O4. The number of hydrogen-bond donors (Lipinski definition) is 3. The van der Waals surface area contributed by atoms with Crippen LogP contribution >= 0.6 is 0 Å². The van der Waals surface area contributed by atoms with Gasteiger partial charge in [-0.3, -0.25) is 9.59 Å². The number of nitrogens with one attached hydrogen (secondary N) is 2. The first-order valence-corrected chi connectivity index (χ1v) is 7.88. The van der Waals surface area contributed by atoms with Crippen molar-refractivity contribution in [2.24, 2.45) is 5.92 Å². The predicted molar refractivity (Wildman–Crippen MR) is 84.0 cm³/mol. The van der Waals surface area contributed by atoms with Gasteiger partial charge in [0, 0.05) is 26.2 Å². The van der Waals surface area contributed by atoms with Gasteiger partial charge in [-0.25, -0.2) is 13.6 Å². The van der Waals surface area contributed by atoms with Crippen molar-refractivity contribution in [3.63, 3.8) is 0 Å². The molecule has 1 aromatic carbocycles. The number of rotatable bonds is 5. The number of amides is 3. The molecule has 1 aliphatic heterocycles. The van der Waals surface area contributed by atoms with E-state index in [1.807, 2.05) is 0 Å². The third kappa shape index (κ3) is 4.88. The van der Waals surface area contributed by atoms with E-state index in [0.717, 1.165) is 18.2 Å². The number of likely N-dealkylation sites (tertiary alicyclic amines) is 1. The van der Waals surface area contributed by atoms with Crippen molar-refractivity contribution < 1.29 is 28.3 Å². The Morgan fingerprint density at radius 1 is 1.16 bits per heavy atom. The summed E-state index contributed by atoms with van der Waals surface area (Å²) in [4.78, 5) is 36.1. The zero-order valence-corrected chi connectivity index (χ0v) is 13.4. The highest BCUT2D eigenvalue weighted by Gasteiger charge is 2.27. The highest BCUT2D eigenvalue weighted by atomic mass is 19.1. The van der Waals surface area contributed by atoms with Crippen LogP contribution in [-0.4, -0.2) is 54.1 Å². The minimum absolute atomic E-state index is 0.0193. The minimum atomic E-state index is -0.963. The van der Waals surface area contributed by atoms with E-state index in [2.05, 4.69) is 10.6 Å². The Labute approximate surface area is 143 Å². The second-order valence-corrected chi connectivity index (χ2v) is 5.71. The van der Waals surface area contributed by atoms with Gasteiger partial charge in [0.2, 0.25) is 0 Å². The van der Waals surface area contributed by atoms with Gasteiger partial charge in [0.1, 0.15) is 17.2 Å². The molecule has 1 atom stereocenters. The molecule has 1 saturated heterocycles. The highest BCUT2D eigenvalue weighted by molar-refractivity contribution is 5.94. The standard InChI is InChI=1S/C16H19F2N3O4/c17-11-4-1-5-12(18)13(11)14(22)19-6-7-20-16(25)21-8-2-3-10(9-21)15(23)24/h1,4-5,10H,2-3,6-9H2,(H,19,22)(H,20,25)(H,23,24). The molecule has 0 spiro atoms. The summed E-state index contributed by atoms with van der Waals surface area (Å²) < 4.78 is 26.9. The third-order valence-electron chi connectivity index (χ3n) is 3.93. The van der Waals surface area contributed by atoms with E-state index in [-0.39, 0.29) is 19.6 Å². The van der Waals surface area contributed by atoms with Gasteiger partial charge in [-0.1, -0.05) is 6.07 Å². The van der Waals surface area contributed by atoms with Gasteiger partial charge < -0.3 is 20.6 Å². The smallest absolute Gasteiger partial charge is 0.317 e. The van der Waals surface area contributed by atoms with Crippen molar-refractivity contribution >= 4 is 17.9 Å². The van der Waals surface area contributed by atoms with Crippen molar-refractivity contribution in [2.75, 3.05) is 26.2 Å². The first kappa shape index (κ1) is 18.6. The monoisotopic (exact) mass is 355 g/mol. The molecule has 3 N–H and O–H groups in total. The number of carboxylic acid groups (broad SMARTS) is 1. The molecule has 0 aromatic heterocycles. The minimum Gasteiger partial charge on any atom is -0.481 e. The number of aliphatic carboxylic acids is 1. The van der Waals surface area contributed by atoms with Gasteiger partial charge in [0.25, 0.3) is 5.91 Å². The fourth-order valence-electron chi connectivity index (χ4n) is 2.62. The summed E-state index contributed by atoms with van der Waals surface area (Å²) in [6, 6.07) is 2.69. The van der Waals surface area contributed by atoms with Crippen LogP contribution in [0.2, 0.25) is 0 Å². The lowest BCUT2D eigenvalue weighted by Crippen LogP contribution is -2.48. The Morgan fingerprint density at radius 2 is 1.80 bits per heavy atom. The molecular weight excluding hydrogens is 336 g/mol. The van der Waals surface area contributed by atoms with Crippen molar-refractivity contribution in [1.29, 1.82) is 0 Å².